The fourth-order valence-corrected chi connectivity index (χ4v) is 0.722. The average Bonchev–Trinajstić information content (AvgIpc) is 2.09. The van der Waals surface area contributed by atoms with Crippen LogP contribution < -0.4 is 11.2 Å². The number of quaternary nitrogens is 2. The molecule has 12 heavy (non-hydrogen) atoms. The van der Waals surface area contributed by atoms with Crippen LogP contribution in [-0.2, 0) is 14.4 Å². The van der Waals surface area contributed by atoms with E-state index < -0.39 is 0 Å². The molecule has 1 amide bonds. The molecule has 0 aliphatic rings. The summed E-state index contributed by atoms with van der Waals surface area (Å²) in [6.07, 6.45) is 0.412. The topological polar surface area (TPSA) is 79.8 Å². The summed E-state index contributed by atoms with van der Waals surface area (Å²) >= 11 is 0. The summed E-state index contributed by atoms with van der Waals surface area (Å²) in [5, 5.41) is 1.63. The van der Waals surface area contributed by atoms with E-state index in [1.165, 1.54) is 0 Å². The van der Waals surface area contributed by atoms with Crippen LogP contribution in [0.4, 0.5) is 0 Å². The van der Waals surface area contributed by atoms with Crippen molar-refractivity contribution < 1.29 is 25.6 Å². The molecule has 0 aliphatic carbocycles. The lowest BCUT2D eigenvalue weighted by atomic mass is 10.4. The lowest BCUT2D eigenvalue weighted by Gasteiger charge is -1.98. The van der Waals surface area contributed by atoms with E-state index >= 15 is 0 Å². The van der Waals surface area contributed by atoms with Gasteiger partial charge >= 0.3 is 5.91 Å². The van der Waals surface area contributed by atoms with Gasteiger partial charge in [-0.05, 0) is 6.92 Å². The van der Waals surface area contributed by atoms with Gasteiger partial charge in [-0.15, -0.1) is 0 Å². The van der Waals surface area contributed by atoms with Gasteiger partial charge in [-0.25, -0.2) is 15.5 Å². The highest BCUT2D eigenvalue weighted by atomic mass is 16.6. The van der Waals surface area contributed by atoms with Crippen molar-refractivity contribution in [2.75, 3.05) is 26.4 Å². The van der Waals surface area contributed by atoms with Crippen LogP contribution in [-0.4, -0.2) is 32.3 Å². The molecule has 0 fully saturated rings. The third kappa shape index (κ3) is 7.62. The number of carbonyl (C=O) groups excluding carboxylic acids is 1. The van der Waals surface area contributed by atoms with E-state index in [-0.39, 0.29) is 5.91 Å². The highest BCUT2D eigenvalue weighted by Crippen LogP contribution is 1.72. The van der Waals surface area contributed by atoms with Gasteiger partial charge in [0.25, 0.3) is 0 Å². The van der Waals surface area contributed by atoms with Crippen LogP contribution in [0.1, 0.15) is 13.3 Å². The summed E-state index contributed by atoms with van der Waals surface area (Å²) in [6, 6.07) is 0. The monoisotopic (exact) mass is 178 g/mol. The molecule has 0 aromatic carbocycles. The number of hydrogen-bond acceptors (Lipinski definition) is 3. The fourth-order valence-electron chi connectivity index (χ4n) is 0.722. The minimum absolute atomic E-state index is 0.0957. The van der Waals surface area contributed by atoms with E-state index in [0.29, 0.717) is 32.8 Å². The first-order valence-corrected chi connectivity index (χ1v) is 4.12. The zero-order chi connectivity index (χ0) is 9.23. The molecule has 0 spiro atoms. The maximum atomic E-state index is 10.9. The normalized spacial score (nSPS) is 10.2. The number of rotatable bonds is 7. The number of hydrogen-bond donors (Lipinski definition) is 2. The van der Waals surface area contributed by atoms with Crippen LogP contribution in [0.15, 0.2) is 0 Å². The number of carbonyl (C=O) groups is 1. The quantitative estimate of drug-likeness (QED) is 0.339. The van der Waals surface area contributed by atoms with E-state index in [2.05, 4.69) is 10.7 Å². The van der Waals surface area contributed by atoms with Crippen LogP contribution >= 0.6 is 0 Å². The van der Waals surface area contributed by atoms with Crippen LogP contribution in [0.2, 0.25) is 0 Å². The summed E-state index contributed by atoms with van der Waals surface area (Å²) in [7, 11) is 0. The maximum absolute atomic E-state index is 10.9. The Kier molecular flexibility index (Phi) is 8.25. The molecule has 0 heterocycles. The van der Waals surface area contributed by atoms with Crippen molar-refractivity contribution in [2.24, 2.45) is 0 Å². The van der Waals surface area contributed by atoms with E-state index in [4.69, 9.17) is 4.74 Å². The largest absolute Gasteiger partial charge is 0.376 e. The van der Waals surface area contributed by atoms with Gasteiger partial charge in [0.15, 0.2) is 0 Å². The highest BCUT2D eigenvalue weighted by Gasteiger charge is 2.04. The summed E-state index contributed by atoms with van der Waals surface area (Å²) in [4.78, 5) is 15.5. The SMILES string of the molecule is CCOCC[NH2+]C(=O)CCO[NH3+]. The van der Waals surface area contributed by atoms with Crippen molar-refractivity contribution in [3.8, 4) is 0 Å². The molecule has 0 atom stereocenters. The standard InChI is InChI=1S/C7H16N2O3/c1-2-11-6-4-9-7(10)3-5-12-8/h2-6H2,1,8H3/p+2. The molecule has 0 aromatic rings. The molecule has 0 aromatic heterocycles. The molecule has 5 heteroatoms. The average molecular weight is 178 g/mol. The summed E-state index contributed by atoms with van der Waals surface area (Å²) in [5.74, 6) is 3.27. The summed E-state index contributed by atoms with van der Waals surface area (Å²) in [6.45, 7) is 4.32. The van der Waals surface area contributed by atoms with Gasteiger partial charge in [-0.3, -0.25) is 5.32 Å². The first kappa shape index (κ1) is 11.5. The predicted octanol–water partition coefficient (Wildman–Crippen LogP) is -2.32. The Hall–Kier alpha value is -0.490. The smallest absolute Gasteiger partial charge is 0.313 e. The third-order valence-electron chi connectivity index (χ3n) is 1.33. The van der Waals surface area contributed by atoms with Crippen molar-refractivity contribution in [3.05, 3.63) is 0 Å². The Morgan fingerprint density at radius 3 is 2.83 bits per heavy atom. The predicted molar refractivity (Wildman–Crippen MR) is 41.7 cm³/mol. The minimum Gasteiger partial charge on any atom is -0.376 e. The highest BCUT2D eigenvalue weighted by molar-refractivity contribution is 5.65. The van der Waals surface area contributed by atoms with E-state index in [1.54, 1.807) is 5.32 Å². The van der Waals surface area contributed by atoms with Crippen LogP contribution in [0.25, 0.3) is 0 Å². The number of primary amides is 1. The molecule has 5 nitrogen and oxygen atoms in total. The van der Waals surface area contributed by atoms with Gasteiger partial charge in [0.2, 0.25) is 0 Å². The van der Waals surface area contributed by atoms with E-state index in [0.717, 1.165) is 0 Å². The molecule has 0 bridgehead atoms. The van der Waals surface area contributed by atoms with E-state index in [1.807, 2.05) is 6.92 Å². The van der Waals surface area contributed by atoms with Gasteiger partial charge < -0.3 is 4.74 Å². The van der Waals surface area contributed by atoms with Gasteiger partial charge in [0.05, 0.1) is 13.0 Å². The molecule has 0 radical (unpaired) electrons. The Labute approximate surface area is 72.2 Å². The molecule has 5 N–H and O–H groups in total. The molecular weight excluding hydrogens is 160 g/mol. The second kappa shape index (κ2) is 8.61. The third-order valence-corrected chi connectivity index (χ3v) is 1.33. The molecule has 0 saturated carbocycles. The Bertz CT molecular complexity index is 119. The van der Waals surface area contributed by atoms with Crippen molar-refractivity contribution >= 4 is 5.91 Å². The molecule has 72 valence electrons. The Morgan fingerprint density at radius 1 is 1.50 bits per heavy atom. The van der Waals surface area contributed by atoms with Crippen LogP contribution in [0.5, 0.6) is 0 Å². The van der Waals surface area contributed by atoms with Crippen molar-refractivity contribution in [2.45, 2.75) is 13.3 Å². The van der Waals surface area contributed by atoms with Gasteiger partial charge in [-0.2, -0.15) is 0 Å². The number of ether oxygens (including phenoxy) is 1. The molecule has 0 aliphatic heterocycles. The fraction of sp³-hybridized carbons (Fsp3) is 0.857. The first-order valence-electron chi connectivity index (χ1n) is 4.12. The zero-order valence-electron chi connectivity index (χ0n) is 7.54. The minimum atomic E-state index is 0.0957. The molecule has 0 rings (SSSR count). The summed E-state index contributed by atoms with van der Waals surface area (Å²) < 4.78 is 5.06. The molecular formula is C7H18N2O3+2. The Balaban J connectivity index is 3.08. The van der Waals surface area contributed by atoms with Gasteiger partial charge in [0.1, 0.15) is 13.2 Å². The Morgan fingerprint density at radius 2 is 2.25 bits per heavy atom. The lowest BCUT2D eigenvalue weighted by molar-refractivity contribution is -0.689. The second-order valence-electron chi connectivity index (χ2n) is 2.31. The van der Waals surface area contributed by atoms with Gasteiger partial charge in [-0.1, -0.05) is 0 Å². The van der Waals surface area contributed by atoms with Crippen molar-refractivity contribution in [3.63, 3.8) is 0 Å². The van der Waals surface area contributed by atoms with E-state index in [9.17, 15) is 4.79 Å². The summed E-state index contributed by atoms with van der Waals surface area (Å²) in [5.41, 5.74) is 0. The zero-order valence-corrected chi connectivity index (χ0v) is 7.54. The van der Waals surface area contributed by atoms with Gasteiger partial charge in [0, 0.05) is 6.61 Å². The second-order valence-corrected chi connectivity index (χ2v) is 2.31. The number of nitrogens with two attached hydrogens (primary N) is 1. The maximum Gasteiger partial charge on any atom is 0.313 e. The number of amides is 1. The van der Waals surface area contributed by atoms with Crippen LogP contribution in [0, 0.1) is 0 Å². The van der Waals surface area contributed by atoms with Crippen molar-refractivity contribution in [1.82, 2.24) is 0 Å². The molecule has 0 unspecified atom stereocenters. The molecule has 0 saturated heterocycles. The van der Waals surface area contributed by atoms with Crippen LogP contribution in [0.3, 0.4) is 0 Å². The lowest BCUT2D eigenvalue weighted by Crippen LogP contribution is -2.89. The van der Waals surface area contributed by atoms with Crippen molar-refractivity contribution in [1.29, 1.82) is 0 Å². The first-order chi connectivity index (χ1) is 5.81.